The number of hydrogen-bond donors (Lipinski definition) is 1. The molecule has 1 aromatic carbocycles. The van der Waals surface area contributed by atoms with Crippen molar-refractivity contribution >= 4 is 0 Å². The summed E-state index contributed by atoms with van der Waals surface area (Å²) in [5.41, 5.74) is 1.11. The van der Waals surface area contributed by atoms with Gasteiger partial charge in [0.25, 0.3) is 0 Å². The lowest BCUT2D eigenvalue weighted by Crippen LogP contribution is -3.10. The van der Waals surface area contributed by atoms with E-state index in [1.807, 2.05) is 12.1 Å². The summed E-state index contributed by atoms with van der Waals surface area (Å²) in [7, 11) is 0. The first-order valence-corrected chi connectivity index (χ1v) is 9.21. The molecule has 1 aliphatic carbocycles. The molecule has 0 amide bonds. The van der Waals surface area contributed by atoms with Crippen LogP contribution in [-0.2, 0) is 0 Å². The molecule has 0 unspecified atom stereocenters. The van der Waals surface area contributed by atoms with Gasteiger partial charge in [-0.05, 0) is 47.5 Å². The molecule has 24 heavy (non-hydrogen) atoms. The van der Waals surface area contributed by atoms with Crippen LogP contribution in [0, 0.1) is 5.82 Å². The van der Waals surface area contributed by atoms with E-state index in [2.05, 4.69) is 20.2 Å². The lowest BCUT2D eigenvalue weighted by Gasteiger charge is -2.27. The van der Waals surface area contributed by atoms with E-state index in [1.54, 1.807) is 12.1 Å². The average Bonchev–Trinajstić information content (AvgIpc) is 3.30. The van der Waals surface area contributed by atoms with Crippen LogP contribution in [0.25, 0.3) is 0 Å². The van der Waals surface area contributed by atoms with Gasteiger partial charge in [0, 0.05) is 18.4 Å². The first-order chi connectivity index (χ1) is 11.8. The molecule has 2 aromatic rings. The SMILES string of the molecule is Fc1ccc([C@H](c2nnnn2C2CCCCC2)[NH+]2CCCC2)cc1. The van der Waals surface area contributed by atoms with Gasteiger partial charge in [-0.1, -0.05) is 19.3 Å². The Labute approximate surface area is 141 Å². The standard InChI is InChI=1S/C18H24FN5/c19-15-10-8-14(9-11-15)17(23-12-4-5-13-23)18-20-21-22-24(18)16-6-2-1-3-7-16/h8-11,16-17H,1-7,12-13H2/p+1/t17-/m1/s1. The van der Waals surface area contributed by atoms with Crippen LogP contribution >= 0.6 is 0 Å². The third-order valence-corrected chi connectivity index (χ3v) is 5.55. The lowest BCUT2D eigenvalue weighted by atomic mass is 9.95. The topological polar surface area (TPSA) is 48.0 Å². The van der Waals surface area contributed by atoms with Gasteiger partial charge in [-0.3, -0.25) is 0 Å². The minimum Gasteiger partial charge on any atom is -0.322 e. The first kappa shape index (κ1) is 15.7. The largest absolute Gasteiger partial charge is 0.322 e. The van der Waals surface area contributed by atoms with Gasteiger partial charge >= 0.3 is 0 Å². The highest BCUT2D eigenvalue weighted by molar-refractivity contribution is 5.23. The Kier molecular flexibility index (Phi) is 4.56. The van der Waals surface area contributed by atoms with Gasteiger partial charge in [0.05, 0.1) is 19.1 Å². The Morgan fingerprint density at radius 3 is 2.42 bits per heavy atom. The summed E-state index contributed by atoms with van der Waals surface area (Å²) in [6, 6.07) is 7.40. The summed E-state index contributed by atoms with van der Waals surface area (Å²) in [6.07, 6.45) is 8.60. The Balaban J connectivity index is 1.71. The molecule has 2 heterocycles. The molecule has 1 N–H and O–H groups in total. The molecule has 1 aliphatic heterocycles. The molecular weight excluding hydrogens is 305 g/mol. The van der Waals surface area contributed by atoms with Gasteiger partial charge < -0.3 is 4.90 Å². The van der Waals surface area contributed by atoms with Crippen LogP contribution < -0.4 is 4.90 Å². The van der Waals surface area contributed by atoms with Crippen molar-refractivity contribution in [3.63, 3.8) is 0 Å². The molecule has 1 atom stereocenters. The zero-order chi connectivity index (χ0) is 16.4. The minimum atomic E-state index is -0.194. The molecule has 5 nitrogen and oxygen atoms in total. The fraction of sp³-hybridized carbons (Fsp3) is 0.611. The van der Waals surface area contributed by atoms with E-state index in [1.165, 1.54) is 37.0 Å². The zero-order valence-corrected chi connectivity index (χ0v) is 14.0. The molecule has 0 radical (unpaired) electrons. The lowest BCUT2D eigenvalue weighted by molar-refractivity contribution is -0.914. The maximum Gasteiger partial charge on any atom is 0.214 e. The number of likely N-dealkylation sites (tertiary alicyclic amines) is 1. The second kappa shape index (κ2) is 6.97. The Bertz CT molecular complexity index is 656. The summed E-state index contributed by atoms with van der Waals surface area (Å²) in [6.45, 7) is 2.25. The number of rotatable bonds is 4. The number of quaternary nitrogens is 1. The number of nitrogens with one attached hydrogen (secondary N) is 1. The highest BCUT2D eigenvalue weighted by Gasteiger charge is 2.35. The van der Waals surface area contributed by atoms with Gasteiger partial charge in [0.2, 0.25) is 5.82 Å². The van der Waals surface area contributed by atoms with E-state index in [9.17, 15) is 4.39 Å². The molecule has 6 heteroatoms. The number of aromatic nitrogens is 4. The van der Waals surface area contributed by atoms with Crippen LogP contribution in [0.5, 0.6) is 0 Å². The molecule has 2 fully saturated rings. The summed E-state index contributed by atoms with van der Waals surface area (Å²) < 4.78 is 15.5. The summed E-state index contributed by atoms with van der Waals surface area (Å²) in [4.78, 5) is 1.49. The minimum absolute atomic E-state index is 0.102. The predicted octanol–water partition coefficient (Wildman–Crippen LogP) is 2.09. The summed E-state index contributed by atoms with van der Waals surface area (Å²) >= 11 is 0. The fourth-order valence-electron chi connectivity index (χ4n) is 4.32. The van der Waals surface area contributed by atoms with E-state index in [0.717, 1.165) is 37.3 Å². The Morgan fingerprint density at radius 2 is 1.71 bits per heavy atom. The maximum absolute atomic E-state index is 13.4. The average molecular weight is 330 g/mol. The number of halogens is 1. The molecule has 1 saturated carbocycles. The van der Waals surface area contributed by atoms with Crippen LogP contribution in [0.4, 0.5) is 4.39 Å². The highest BCUT2D eigenvalue weighted by atomic mass is 19.1. The highest BCUT2D eigenvalue weighted by Crippen LogP contribution is 2.30. The maximum atomic E-state index is 13.4. The molecule has 2 aliphatic rings. The van der Waals surface area contributed by atoms with E-state index >= 15 is 0 Å². The van der Waals surface area contributed by atoms with E-state index in [-0.39, 0.29) is 11.9 Å². The number of benzene rings is 1. The van der Waals surface area contributed by atoms with Crippen LogP contribution in [0.2, 0.25) is 0 Å². The van der Waals surface area contributed by atoms with Crippen molar-refractivity contribution in [2.45, 2.75) is 57.0 Å². The zero-order valence-electron chi connectivity index (χ0n) is 14.0. The molecule has 1 saturated heterocycles. The molecule has 4 rings (SSSR count). The van der Waals surface area contributed by atoms with Gasteiger partial charge in [0.1, 0.15) is 5.82 Å². The number of hydrogen-bond acceptors (Lipinski definition) is 3. The van der Waals surface area contributed by atoms with E-state index < -0.39 is 0 Å². The molecule has 1 aromatic heterocycles. The smallest absolute Gasteiger partial charge is 0.214 e. The fourth-order valence-corrected chi connectivity index (χ4v) is 4.32. The van der Waals surface area contributed by atoms with Crippen LogP contribution in [0.3, 0.4) is 0 Å². The molecule has 0 spiro atoms. The van der Waals surface area contributed by atoms with Gasteiger partial charge in [-0.25, -0.2) is 9.07 Å². The second-order valence-electron chi connectivity index (χ2n) is 7.12. The van der Waals surface area contributed by atoms with Crippen molar-refractivity contribution < 1.29 is 9.29 Å². The van der Waals surface area contributed by atoms with Crippen molar-refractivity contribution in [2.75, 3.05) is 13.1 Å². The second-order valence-corrected chi connectivity index (χ2v) is 7.12. The number of nitrogens with zero attached hydrogens (tertiary/aromatic N) is 4. The Hall–Kier alpha value is -1.82. The Morgan fingerprint density at radius 1 is 1.00 bits per heavy atom. The van der Waals surface area contributed by atoms with Gasteiger partial charge in [-0.15, -0.1) is 5.10 Å². The van der Waals surface area contributed by atoms with Crippen LogP contribution in [-0.4, -0.2) is 33.3 Å². The van der Waals surface area contributed by atoms with Crippen molar-refractivity contribution in [1.82, 2.24) is 20.2 Å². The van der Waals surface area contributed by atoms with Gasteiger partial charge in [-0.2, -0.15) is 0 Å². The van der Waals surface area contributed by atoms with Crippen molar-refractivity contribution in [2.24, 2.45) is 0 Å². The van der Waals surface area contributed by atoms with Crippen molar-refractivity contribution in [1.29, 1.82) is 0 Å². The van der Waals surface area contributed by atoms with E-state index in [4.69, 9.17) is 0 Å². The predicted molar refractivity (Wildman–Crippen MR) is 88.1 cm³/mol. The van der Waals surface area contributed by atoms with Gasteiger partial charge in [0.15, 0.2) is 6.04 Å². The molecule has 128 valence electrons. The number of tetrazole rings is 1. The normalized spacial score (nSPS) is 21.2. The van der Waals surface area contributed by atoms with Crippen LogP contribution in [0.15, 0.2) is 24.3 Å². The third-order valence-electron chi connectivity index (χ3n) is 5.55. The van der Waals surface area contributed by atoms with Crippen molar-refractivity contribution in [3.05, 3.63) is 41.5 Å². The monoisotopic (exact) mass is 330 g/mol. The van der Waals surface area contributed by atoms with E-state index in [0.29, 0.717) is 6.04 Å². The molecule has 0 bridgehead atoms. The third kappa shape index (κ3) is 3.07. The van der Waals surface area contributed by atoms with Crippen molar-refractivity contribution in [3.8, 4) is 0 Å². The van der Waals surface area contributed by atoms with Crippen LogP contribution in [0.1, 0.15) is 68.4 Å². The molecular formula is C18H25FN5+. The summed E-state index contributed by atoms with van der Waals surface area (Å²) in [5, 5.41) is 12.8. The first-order valence-electron chi connectivity index (χ1n) is 9.21. The summed E-state index contributed by atoms with van der Waals surface area (Å²) in [5.74, 6) is 0.756. The quantitative estimate of drug-likeness (QED) is 0.934.